The van der Waals surface area contributed by atoms with Gasteiger partial charge in [0.15, 0.2) is 6.29 Å². The maximum Gasteiger partial charge on any atom is 0.397 e. The van der Waals surface area contributed by atoms with E-state index in [1.54, 1.807) is 0 Å². The molecule has 49 heavy (non-hydrogen) atoms. The molecule has 0 aromatic heterocycles. The van der Waals surface area contributed by atoms with Gasteiger partial charge in [0.2, 0.25) is 0 Å². The predicted molar refractivity (Wildman–Crippen MR) is 188 cm³/mol. The molecule has 0 aliphatic carbocycles. The summed E-state index contributed by atoms with van der Waals surface area (Å²) in [5.74, 6) is -0.417. The lowest BCUT2D eigenvalue weighted by Crippen LogP contribution is -2.60. The van der Waals surface area contributed by atoms with Gasteiger partial charge in [-0.1, -0.05) is 109 Å². The number of unbranched alkanes of at least 4 members (excludes halogenated alkanes) is 14. The zero-order valence-electron chi connectivity index (χ0n) is 30.0. The van der Waals surface area contributed by atoms with Crippen molar-refractivity contribution in [3.8, 4) is 0 Å². The van der Waals surface area contributed by atoms with Gasteiger partial charge in [0.25, 0.3) is 0 Å². The third-order valence-electron chi connectivity index (χ3n) is 8.33. The number of ether oxygens (including phenoxy) is 4. The number of hydrogen-bond acceptors (Lipinski definition) is 11. The molecule has 1 fully saturated rings. The second-order valence-electron chi connectivity index (χ2n) is 12.8. The molecule has 1 aliphatic rings. The average molecular weight is 723 g/mol. The molecule has 0 spiro atoms. The summed E-state index contributed by atoms with van der Waals surface area (Å²) in [6.45, 7) is 3.87. The quantitative estimate of drug-likeness (QED) is 0.0279. The van der Waals surface area contributed by atoms with Gasteiger partial charge < -0.3 is 34.3 Å². The van der Waals surface area contributed by atoms with E-state index in [0.29, 0.717) is 13.0 Å². The molecule has 13 heteroatoms. The van der Waals surface area contributed by atoms with E-state index in [4.69, 9.17) is 23.5 Å². The van der Waals surface area contributed by atoms with Gasteiger partial charge in [-0.15, -0.1) is 0 Å². The predicted octanol–water partition coefficient (Wildman–Crippen LogP) is 6.12. The van der Waals surface area contributed by atoms with Gasteiger partial charge in [0, 0.05) is 13.0 Å². The molecule has 1 rings (SSSR count). The maximum absolute atomic E-state index is 12.7. The highest BCUT2D eigenvalue weighted by Gasteiger charge is 2.48. The number of hydrogen-bond donors (Lipinski definition) is 4. The zero-order valence-corrected chi connectivity index (χ0v) is 30.8. The fraction of sp³-hybridized carbons (Fsp3) is 0.861. The van der Waals surface area contributed by atoms with E-state index >= 15 is 0 Å². The van der Waals surface area contributed by atoms with Crippen molar-refractivity contribution < 1.29 is 56.2 Å². The van der Waals surface area contributed by atoms with Crippen molar-refractivity contribution in [2.45, 2.75) is 173 Å². The first kappa shape index (κ1) is 45.6. The Hall–Kier alpha value is -1.42. The molecule has 12 nitrogen and oxygen atoms in total. The lowest BCUT2D eigenvalue weighted by atomic mass is 9.99. The molecule has 288 valence electrons. The van der Waals surface area contributed by atoms with Crippen LogP contribution in [0.1, 0.15) is 136 Å². The van der Waals surface area contributed by atoms with Crippen molar-refractivity contribution in [2.24, 2.45) is 0 Å². The van der Waals surface area contributed by atoms with Crippen LogP contribution in [0.2, 0.25) is 0 Å². The fourth-order valence-electron chi connectivity index (χ4n) is 5.46. The highest BCUT2D eigenvalue weighted by atomic mass is 32.3. The van der Waals surface area contributed by atoms with E-state index in [9.17, 15) is 28.5 Å². The Labute approximate surface area is 295 Å². The molecule has 1 aliphatic heterocycles. The highest BCUT2D eigenvalue weighted by molar-refractivity contribution is 7.80. The molecule has 0 aromatic rings. The number of allylic oxidation sites excluding steroid dienone is 4. The Morgan fingerprint density at radius 3 is 1.98 bits per heavy atom. The number of aliphatic hydroxyl groups is 3. The van der Waals surface area contributed by atoms with Crippen molar-refractivity contribution in [2.75, 3.05) is 26.4 Å². The molecular formula is C36H66O12S. The molecule has 6 atom stereocenters. The second kappa shape index (κ2) is 29.2. The van der Waals surface area contributed by atoms with Gasteiger partial charge in [0.05, 0.1) is 19.8 Å². The van der Waals surface area contributed by atoms with Crippen LogP contribution in [-0.4, -0.2) is 97.5 Å². The number of carbonyl (C=O) groups excluding carboxylic acids is 1. The number of aliphatic hydroxyl groups excluding tert-OH is 3. The van der Waals surface area contributed by atoms with Crippen LogP contribution in [0, 0.1) is 0 Å². The SMILES string of the molecule is CCCCC/C=C\C/C=C\CCCCCCCC(=O)OC(COCCCCCCCCC)COC1OC(CO)C(O)C(OS(=O)(=O)O)C1O. The number of carbonyl (C=O) groups is 1. The Morgan fingerprint density at radius 2 is 1.35 bits per heavy atom. The first-order chi connectivity index (χ1) is 23.6. The minimum absolute atomic E-state index is 0.0313. The first-order valence-corrected chi connectivity index (χ1v) is 20.0. The first-order valence-electron chi connectivity index (χ1n) is 18.6. The smallest absolute Gasteiger partial charge is 0.397 e. The summed E-state index contributed by atoms with van der Waals surface area (Å²) in [5, 5.41) is 30.4. The van der Waals surface area contributed by atoms with Crippen molar-refractivity contribution in [3.05, 3.63) is 24.3 Å². The summed E-state index contributed by atoms with van der Waals surface area (Å²) in [4.78, 5) is 12.7. The summed E-state index contributed by atoms with van der Waals surface area (Å²) >= 11 is 0. The Kier molecular flexibility index (Phi) is 27.2. The Balaban J connectivity index is 2.50. The molecule has 4 N–H and O–H groups in total. The minimum atomic E-state index is -5.05. The van der Waals surface area contributed by atoms with Crippen LogP contribution < -0.4 is 0 Å². The van der Waals surface area contributed by atoms with Crippen LogP contribution in [0.3, 0.4) is 0 Å². The number of esters is 1. The van der Waals surface area contributed by atoms with Gasteiger partial charge >= 0.3 is 16.4 Å². The fourth-order valence-corrected chi connectivity index (χ4v) is 5.97. The van der Waals surface area contributed by atoms with Crippen LogP contribution in [0.5, 0.6) is 0 Å². The van der Waals surface area contributed by atoms with E-state index in [1.807, 2.05) is 0 Å². The van der Waals surface area contributed by atoms with Crippen LogP contribution >= 0.6 is 0 Å². The van der Waals surface area contributed by atoms with Crippen molar-refractivity contribution in [3.63, 3.8) is 0 Å². The van der Waals surface area contributed by atoms with Crippen molar-refractivity contribution in [1.82, 2.24) is 0 Å². The highest BCUT2D eigenvalue weighted by Crippen LogP contribution is 2.26. The molecule has 6 unspecified atom stereocenters. The number of rotatable bonds is 31. The van der Waals surface area contributed by atoms with Gasteiger partial charge in [-0.05, 0) is 44.9 Å². The standard InChI is InChI=1S/C36H66O12S/c1-3-5-7-9-11-12-13-14-15-16-17-18-19-21-23-25-32(38)46-30(28-44-26-24-22-20-10-8-6-4-2)29-45-36-34(40)35(48-49(41,42)43)33(39)31(27-37)47-36/h11-12,14-15,30-31,33-37,39-40H,3-10,13,16-29H2,1-2H3,(H,41,42,43)/b12-11-,15-14-. The summed E-state index contributed by atoms with van der Waals surface area (Å²) in [6, 6.07) is 0. The summed E-state index contributed by atoms with van der Waals surface area (Å²) in [5.41, 5.74) is 0. The summed E-state index contributed by atoms with van der Waals surface area (Å²) in [7, 11) is -5.05. The van der Waals surface area contributed by atoms with E-state index < -0.39 is 59.8 Å². The Bertz CT molecular complexity index is 973. The van der Waals surface area contributed by atoms with Gasteiger partial charge in [-0.2, -0.15) is 8.42 Å². The molecule has 0 bridgehead atoms. The third-order valence-corrected chi connectivity index (χ3v) is 8.79. The van der Waals surface area contributed by atoms with Crippen molar-refractivity contribution in [1.29, 1.82) is 0 Å². The van der Waals surface area contributed by atoms with Crippen LogP contribution in [0.15, 0.2) is 24.3 Å². The van der Waals surface area contributed by atoms with Gasteiger partial charge in [-0.3, -0.25) is 9.35 Å². The lowest BCUT2D eigenvalue weighted by molar-refractivity contribution is -0.301. The van der Waals surface area contributed by atoms with E-state index in [0.717, 1.165) is 64.2 Å². The summed E-state index contributed by atoms with van der Waals surface area (Å²) < 4.78 is 58.5. The maximum atomic E-state index is 12.7. The second-order valence-corrected chi connectivity index (χ2v) is 13.9. The van der Waals surface area contributed by atoms with Gasteiger partial charge in [-0.25, -0.2) is 4.18 Å². The van der Waals surface area contributed by atoms with Gasteiger partial charge in [0.1, 0.15) is 30.5 Å². The van der Waals surface area contributed by atoms with Crippen LogP contribution in [-0.2, 0) is 38.3 Å². The molecule has 0 saturated carbocycles. The Morgan fingerprint density at radius 1 is 0.776 bits per heavy atom. The summed E-state index contributed by atoms with van der Waals surface area (Å²) in [6.07, 6.45) is 19.5. The third kappa shape index (κ3) is 23.6. The monoisotopic (exact) mass is 722 g/mol. The normalized spacial score (nSPS) is 22.3. The zero-order chi connectivity index (χ0) is 36.2. The lowest BCUT2D eigenvalue weighted by Gasteiger charge is -2.41. The van der Waals surface area contributed by atoms with E-state index in [2.05, 4.69) is 42.3 Å². The van der Waals surface area contributed by atoms with Crippen LogP contribution in [0.25, 0.3) is 0 Å². The molecule has 0 aromatic carbocycles. The van der Waals surface area contributed by atoms with Crippen LogP contribution in [0.4, 0.5) is 0 Å². The molecule has 1 heterocycles. The largest absolute Gasteiger partial charge is 0.457 e. The molecule has 0 amide bonds. The molecule has 1 saturated heterocycles. The average Bonchev–Trinajstić information content (AvgIpc) is 3.06. The van der Waals surface area contributed by atoms with Crippen molar-refractivity contribution >= 4 is 16.4 Å². The minimum Gasteiger partial charge on any atom is -0.457 e. The van der Waals surface area contributed by atoms with E-state index in [-0.39, 0.29) is 19.6 Å². The molecule has 0 radical (unpaired) electrons. The topological polar surface area (TPSA) is 178 Å². The van der Waals surface area contributed by atoms with E-state index in [1.165, 1.54) is 44.9 Å². The molecular weight excluding hydrogens is 656 g/mol.